The Hall–Kier alpha value is -0.380. The highest BCUT2D eigenvalue weighted by atomic mass is 32.2. The number of guanidine groups is 1. The van der Waals surface area contributed by atoms with E-state index in [1.807, 2.05) is 18.8 Å². The van der Waals surface area contributed by atoms with Crippen LogP contribution in [0.15, 0.2) is 4.99 Å². The summed E-state index contributed by atoms with van der Waals surface area (Å²) in [5.74, 6) is 2.19. The van der Waals surface area contributed by atoms with Crippen LogP contribution in [0, 0.1) is 5.41 Å². The first-order chi connectivity index (χ1) is 8.99. The van der Waals surface area contributed by atoms with Crippen LogP contribution >= 0.6 is 11.8 Å². The van der Waals surface area contributed by atoms with Crippen LogP contribution in [0.5, 0.6) is 0 Å². The normalized spacial score (nSPS) is 12.6. The van der Waals surface area contributed by atoms with Crippen LogP contribution in [0.4, 0.5) is 0 Å². The van der Waals surface area contributed by atoms with E-state index in [1.54, 1.807) is 0 Å². The zero-order valence-electron chi connectivity index (χ0n) is 13.5. The molecule has 0 heterocycles. The SMILES string of the molecule is CN=C(NCCCCSC)NCCCCC(C)(C)C. The molecule has 0 unspecified atom stereocenters. The van der Waals surface area contributed by atoms with Gasteiger partial charge in [0.05, 0.1) is 0 Å². The topological polar surface area (TPSA) is 36.4 Å². The maximum atomic E-state index is 4.24. The van der Waals surface area contributed by atoms with E-state index in [9.17, 15) is 0 Å². The number of nitrogens with one attached hydrogen (secondary N) is 2. The Balaban J connectivity index is 3.50. The van der Waals surface area contributed by atoms with Gasteiger partial charge in [0.15, 0.2) is 5.96 Å². The minimum Gasteiger partial charge on any atom is -0.356 e. The van der Waals surface area contributed by atoms with E-state index in [1.165, 1.54) is 37.9 Å². The predicted octanol–water partition coefficient (Wildman–Crippen LogP) is 3.51. The van der Waals surface area contributed by atoms with E-state index < -0.39 is 0 Å². The molecule has 4 heteroatoms. The molecule has 0 amide bonds. The zero-order chi connectivity index (χ0) is 14.6. The lowest BCUT2D eigenvalue weighted by Crippen LogP contribution is -2.38. The van der Waals surface area contributed by atoms with Gasteiger partial charge in [0.2, 0.25) is 0 Å². The van der Waals surface area contributed by atoms with Crippen molar-refractivity contribution >= 4 is 17.7 Å². The molecule has 0 saturated heterocycles. The summed E-state index contributed by atoms with van der Waals surface area (Å²) in [7, 11) is 1.84. The average Bonchev–Trinajstić information content (AvgIpc) is 2.34. The molecule has 0 aromatic heterocycles. The Morgan fingerprint density at radius 1 is 1.00 bits per heavy atom. The van der Waals surface area contributed by atoms with Crippen LogP contribution in [0.1, 0.15) is 52.9 Å². The Morgan fingerprint density at radius 2 is 1.58 bits per heavy atom. The second-order valence-corrected chi connectivity index (χ2v) is 7.13. The van der Waals surface area contributed by atoms with Crippen LogP contribution in [-0.4, -0.2) is 38.1 Å². The molecule has 0 aliphatic heterocycles. The third-order valence-corrected chi connectivity index (χ3v) is 3.63. The maximum Gasteiger partial charge on any atom is 0.190 e. The lowest BCUT2D eigenvalue weighted by molar-refractivity contribution is 0.360. The number of hydrogen-bond donors (Lipinski definition) is 2. The largest absolute Gasteiger partial charge is 0.356 e. The fourth-order valence-corrected chi connectivity index (χ4v) is 2.28. The first-order valence-electron chi connectivity index (χ1n) is 7.43. The monoisotopic (exact) mass is 287 g/mol. The van der Waals surface area contributed by atoms with Gasteiger partial charge in [-0.25, -0.2) is 0 Å². The van der Waals surface area contributed by atoms with Gasteiger partial charge in [-0.15, -0.1) is 0 Å². The third-order valence-electron chi connectivity index (χ3n) is 2.94. The van der Waals surface area contributed by atoms with Crippen molar-refractivity contribution in [1.29, 1.82) is 0 Å². The van der Waals surface area contributed by atoms with E-state index in [4.69, 9.17) is 0 Å². The Labute approximate surface area is 124 Å². The van der Waals surface area contributed by atoms with Gasteiger partial charge in [0.1, 0.15) is 0 Å². The molecule has 0 bridgehead atoms. The number of unbranched alkanes of at least 4 members (excludes halogenated alkanes) is 2. The summed E-state index contributed by atoms with van der Waals surface area (Å²) in [6.07, 6.45) is 8.43. The highest BCUT2D eigenvalue weighted by molar-refractivity contribution is 7.98. The Morgan fingerprint density at radius 3 is 2.05 bits per heavy atom. The van der Waals surface area contributed by atoms with Gasteiger partial charge >= 0.3 is 0 Å². The number of aliphatic imine (C=N–C) groups is 1. The van der Waals surface area contributed by atoms with E-state index in [0.29, 0.717) is 5.41 Å². The minimum atomic E-state index is 0.456. The molecule has 0 radical (unpaired) electrons. The van der Waals surface area contributed by atoms with Crippen molar-refractivity contribution in [2.45, 2.75) is 52.9 Å². The van der Waals surface area contributed by atoms with E-state index in [0.717, 1.165) is 19.0 Å². The van der Waals surface area contributed by atoms with Crippen molar-refractivity contribution in [2.75, 3.05) is 32.1 Å². The van der Waals surface area contributed by atoms with Gasteiger partial charge in [-0.1, -0.05) is 27.2 Å². The summed E-state index contributed by atoms with van der Waals surface area (Å²) in [4.78, 5) is 4.24. The van der Waals surface area contributed by atoms with Crippen LogP contribution in [0.3, 0.4) is 0 Å². The van der Waals surface area contributed by atoms with Crippen molar-refractivity contribution in [2.24, 2.45) is 10.4 Å². The van der Waals surface area contributed by atoms with Gasteiger partial charge in [0, 0.05) is 20.1 Å². The molecule has 0 rings (SSSR count). The van der Waals surface area contributed by atoms with Gasteiger partial charge in [-0.05, 0) is 43.1 Å². The molecule has 0 aromatic rings. The van der Waals surface area contributed by atoms with Crippen LogP contribution in [-0.2, 0) is 0 Å². The summed E-state index contributed by atoms with van der Waals surface area (Å²) in [5, 5.41) is 6.75. The Kier molecular flexibility index (Phi) is 11.2. The zero-order valence-corrected chi connectivity index (χ0v) is 14.3. The van der Waals surface area contributed by atoms with Gasteiger partial charge in [-0.2, -0.15) is 11.8 Å². The van der Waals surface area contributed by atoms with Gasteiger partial charge < -0.3 is 10.6 Å². The van der Waals surface area contributed by atoms with Crippen LogP contribution < -0.4 is 10.6 Å². The van der Waals surface area contributed by atoms with Crippen molar-refractivity contribution < 1.29 is 0 Å². The molecular weight excluding hydrogens is 254 g/mol. The quantitative estimate of drug-likeness (QED) is 0.387. The molecule has 0 saturated carbocycles. The molecule has 0 atom stereocenters. The Bertz CT molecular complexity index is 234. The van der Waals surface area contributed by atoms with Gasteiger partial charge in [0.25, 0.3) is 0 Å². The summed E-state index contributed by atoms with van der Waals surface area (Å²) in [5.41, 5.74) is 0.456. The standard InChI is InChI=1S/C15H33N3S/c1-15(2,3)10-6-7-11-17-14(16-4)18-12-8-9-13-19-5/h6-13H2,1-5H3,(H2,16,17,18). The molecule has 0 spiro atoms. The third kappa shape index (κ3) is 13.8. The highest BCUT2D eigenvalue weighted by Crippen LogP contribution is 2.21. The molecule has 19 heavy (non-hydrogen) atoms. The highest BCUT2D eigenvalue weighted by Gasteiger charge is 2.08. The molecule has 0 aliphatic rings. The van der Waals surface area contributed by atoms with Crippen molar-refractivity contribution in [3.05, 3.63) is 0 Å². The average molecular weight is 288 g/mol. The number of thioether (sulfide) groups is 1. The fourth-order valence-electron chi connectivity index (χ4n) is 1.79. The summed E-state index contributed by atoms with van der Waals surface area (Å²) in [6, 6.07) is 0. The lowest BCUT2D eigenvalue weighted by atomic mass is 9.90. The van der Waals surface area contributed by atoms with E-state index >= 15 is 0 Å². The van der Waals surface area contributed by atoms with Crippen molar-refractivity contribution in [3.63, 3.8) is 0 Å². The maximum absolute atomic E-state index is 4.24. The molecule has 114 valence electrons. The van der Waals surface area contributed by atoms with E-state index in [2.05, 4.69) is 42.7 Å². The molecule has 0 aliphatic carbocycles. The predicted molar refractivity (Wildman–Crippen MR) is 90.3 cm³/mol. The minimum absolute atomic E-state index is 0.456. The first-order valence-corrected chi connectivity index (χ1v) is 8.82. The van der Waals surface area contributed by atoms with Crippen LogP contribution in [0.25, 0.3) is 0 Å². The van der Waals surface area contributed by atoms with Gasteiger partial charge in [-0.3, -0.25) is 4.99 Å². The number of rotatable bonds is 9. The summed E-state index contributed by atoms with van der Waals surface area (Å²) in [6.45, 7) is 8.93. The second-order valence-electron chi connectivity index (χ2n) is 6.14. The molecule has 3 nitrogen and oxygen atoms in total. The number of nitrogens with zero attached hydrogens (tertiary/aromatic N) is 1. The fraction of sp³-hybridized carbons (Fsp3) is 0.933. The van der Waals surface area contributed by atoms with Crippen molar-refractivity contribution in [1.82, 2.24) is 10.6 Å². The molecule has 0 aromatic carbocycles. The molecular formula is C15H33N3S. The van der Waals surface area contributed by atoms with E-state index in [-0.39, 0.29) is 0 Å². The number of hydrogen-bond acceptors (Lipinski definition) is 2. The molecule has 0 fully saturated rings. The first kappa shape index (κ1) is 18.6. The summed E-state index contributed by atoms with van der Waals surface area (Å²) >= 11 is 1.91. The van der Waals surface area contributed by atoms with Crippen molar-refractivity contribution in [3.8, 4) is 0 Å². The second kappa shape index (κ2) is 11.4. The lowest BCUT2D eigenvalue weighted by Gasteiger charge is -2.18. The summed E-state index contributed by atoms with van der Waals surface area (Å²) < 4.78 is 0. The molecule has 2 N–H and O–H groups in total. The van der Waals surface area contributed by atoms with Crippen LogP contribution in [0.2, 0.25) is 0 Å². The smallest absolute Gasteiger partial charge is 0.190 e.